The third-order valence-electron chi connectivity index (χ3n) is 4.66. The van der Waals surface area contributed by atoms with E-state index in [-0.39, 0.29) is 24.5 Å². The second-order valence-corrected chi connectivity index (χ2v) is 6.71. The molecular formula is C22H22N2O4. The lowest BCUT2D eigenvalue weighted by atomic mass is 10.1. The maximum absolute atomic E-state index is 12.3. The van der Waals surface area contributed by atoms with Crippen LogP contribution in [0.5, 0.6) is 0 Å². The molecule has 6 heteroatoms. The van der Waals surface area contributed by atoms with Crippen LogP contribution in [0.1, 0.15) is 29.3 Å². The van der Waals surface area contributed by atoms with Crippen LogP contribution in [-0.4, -0.2) is 33.4 Å². The number of hydrogen-bond donors (Lipinski definition) is 2. The van der Waals surface area contributed by atoms with E-state index in [1.807, 2.05) is 59.2 Å². The van der Waals surface area contributed by atoms with Crippen molar-refractivity contribution in [3.05, 3.63) is 71.9 Å². The number of amides is 1. The summed E-state index contributed by atoms with van der Waals surface area (Å²) in [5, 5.41) is 12.9. The number of aryl methyl sites for hydroxylation is 1. The zero-order chi connectivity index (χ0) is 20.1. The molecule has 0 aliphatic heterocycles. The molecule has 0 fully saturated rings. The first-order chi connectivity index (χ1) is 13.5. The van der Waals surface area contributed by atoms with Gasteiger partial charge in [0.15, 0.2) is 5.78 Å². The van der Waals surface area contributed by atoms with E-state index in [1.54, 1.807) is 6.20 Å². The number of carbonyl (C=O) groups is 3. The summed E-state index contributed by atoms with van der Waals surface area (Å²) < 4.78 is 1.86. The molecule has 1 aromatic heterocycles. The molecule has 1 amide bonds. The fraction of sp³-hybridized carbons (Fsp3) is 0.227. The number of carboxylic acids is 1. The lowest BCUT2D eigenvalue weighted by Gasteiger charge is -2.15. The Morgan fingerprint density at radius 2 is 1.71 bits per heavy atom. The molecule has 0 aliphatic rings. The summed E-state index contributed by atoms with van der Waals surface area (Å²) in [6.07, 6.45) is 2.09. The summed E-state index contributed by atoms with van der Waals surface area (Å²) in [7, 11) is 0. The second kappa shape index (κ2) is 8.52. The second-order valence-electron chi connectivity index (χ2n) is 6.71. The van der Waals surface area contributed by atoms with Gasteiger partial charge in [0.25, 0.3) is 0 Å². The van der Waals surface area contributed by atoms with Crippen LogP contribution in [0.15, 0.2) is 60.8 Å². The number of carboxylic acid groups (broad SMARTS) is 1. The fourth-order valence-electron chi connectivity index (χ4n) is 3.25. The Bertz CT molecular complexity index is 1010. The Hall–Kier alpha value is -3.41. The normalized spacial score (nSPS) is 11.9. The minimum atomic E-state index is -1.07. The van der Waals surface area contributed by atoms with E-state index in [0.717, 1.165) is 16.5 Å². The fourth-order valence-corrected chi connectivity index (χ4v) is 3.25. The van der Waals surface area contributed by atoms with Gasteiger partial charge in [-0.25, -0.2) is 4.79 Å². The lowest BCUT2D eigenvalue weighted by Crippen LogP contribution is -2.42. The quantitative estimate of drug-likeness (QED) is 0.590. The summed E-state index contributed by atoms with van der Waals surface area (Å²) in [6.45, 7) is 1.87. The Morgan fingerprint density at radius 1 is 1.04 bits per heavy atom. The highest BCUT2D eigenvalue weighted by Gasteiger charge is 2.20. The number of carbonyl (C=O) groups excluding carboxylic acids is 2. The van der Waals surface area contributed by atoms with Crippen LogP contribution in [0.4, 0.5) is 0 Å². The molecule has 1 heterocycles. The van der Waals surface area contributed by atoms with Crippen LogP contribution >= 0.6 is 0 Å². The molecule has 6 nitrogen and oxygen atoms in total. The largest absolute Gasteiger partial charge is 0.480 e. The lowest BCUT2D eigenvalue weighted by molar-refractivity contribution is -0.141. The summed E-state index contributed by atoms with van der Waals surface area (Å²) >= 11 is 0. The topological polar surface area (TPSA) is 88.4 Å². The molecule has 3 aromatic rings. The van der Waals surface area contributed by atoms with Crippen LogP contribution in [-0.2, 0) is 22.6 Å². The first-order valence-electron chi connectivity index (χ1n) is 9.10. The monoisotopic (exact) mass is 378 g/mol. The maximum Gasteiger partial charge on any atom is 0.326 e. The van der Waals surface area contributed by atoms with Crippen molar-refractivity contribution in [1.82, 2.24) is 9.88 Å². The number of hydrogen-bond acceptors (Lipinski definition) is 3. The van der Waals surface area contributed by atoms with E-state index >= 15 is 0 Å². The average Bonchev–Trinajstić information content (AvgIpc) is 3.06. The predicted molar refractivity (Wildman–Crippen MR) is 106 cm³/mol. The number of para-hydroxylation sites is 1. The predicted octanol–water partition coefficient (Wildman–Crippen LogP) is 3.05. The molecule has 0 saturated carbocycles. The first-order valence-corrected chi connectivity index (χ1v) is 9.10. The van der Waals surface area contributed by atoms with Gasteiger partial charge >= 0.3 is 5.97 Å². The molecule has 1 unspecified atom stereocenters. The standard InChI is InChI=1S/C22H22N2O4/c1-15(25)18-14-24(20-10-6-5-9-17(18)20)12-11-21(26)23-19(22(27)28)13-16-7-3-2-4-8-16/h2-10,14,19H,11-13H2,1H3,(H,23,26)(H,27,28). The minimum Gasteiger partial charge on any atom is -0.480 e. The van der Waals surface area contributed by atoms with Crippen LogP contribution in [0.3, 0.4) is 0 Å². The molecular weight excluding hydrogens is 356 g/mol. The molecule has 3 rings (SSSR count). The minimum absolute atomic E-state index is 0.0341. The first kappa shape index (κ1) is 19.4. The van der Waals surface area contributed by atoms with Crippen molar-refractivity contribution in [1.29, 1.82) is 0 Å². The number of benzene rings is 2. The van der Waals surface area contributed by atoms with Gasteiger partial charge in [0.1, 0.15) is 6.04 Å². The molecule has 0 aliphatic carbocycles. The van der Waals surface area contributed by atoms with Crippen molar-refractivity contribution in [3.8, 4) is 0 Å². The van der Waals surface area contributed by atoms with E-state index in [1.165, 1.54) is 6.92 Å². The zero-order valence-corrected chi connectivity index (χ0v) is 15.6. The molecule has 0 bridgehead atoms. The number of nitrogens with zero attached hydrogens (tertiary/aromatic N) is 1. The summed E-state index contributed by atoms with van der Waals surface area (Å²) in [6, 6.07) is 15.7. The van der Waals surface area contributed by atoms with E-state index in [9.17, 15) is 19.5 Å². The van der Waals surface area contributed by atoms with Gasteiger partial charge in [0, 0.05) is 42.0 Å². The molecule has 2 aromatic carbocycles. The number of aliphatic carboxylic acids is 1. The van der Waals surface area contributed by atoms with E-state index in [4.69, 9.17) is 0 Å². The van der Waals surface area contributed by atoms with Gasteiger partial charge in [-0.15, -0.1) is 0 Å². The van der Waals surface area contributed by atoms with Gasteiger partial charge in [0.2, 0.25) is 5.91 Å². The van der Waals surface area contributed by atoms with E-state index in [0.29, 0.717) is 12.1 Å². The number of fused-ring (bicyclic) bond motifs is 1. The van der Waals surface area contributed by atoms with Gasteiger partial charge in [-0.1, -0.05) is 48.5 Å². The SMILES string of the molecule is CC(=O)c1cn(CCC(=O)NC(Cc2ccccc2)C(=O)O)c2ccccc12. The van der Waals surface area contributed by atoms with Crippen molar-refractivity contribution in [2.45, 2.75) is 32.4 Å². The Kier molecular flexibility index (Phi) is 5.89. The smallest absolute Gasteiger partial charge is 0.326 e. The number of Topliss-reactive ketones (excluding diaryl/α,β-unsaturated/α-hetero) is 1. The van der Waals surface area contributed by atoms with Gasteiger partial charge < -0.3 is 15.0 Å². The molecule has 2 N–H and O–H groups in total. The zero-order valence-electron chi connectivity index (χ0n) is 15.6. The van der Waals surface area contributed by atoms with E-state index < -0.39 is 12.0 Å². The third kappa shape index (κ3) is 4.46. The third-order valence-corrected chi connectivity index (χ3v) is 4.66. The highest BCUT2D eigenvalue weighted by molar-refractivity contribution is 6.07. The van der Waals surface area contributed by atoms with Gasteiger partial charge in [-0.2, -0.15) is 0 Å². The summed E-state index contributed by atoms with van der Waals surface area (Å²) in [5.41, 5.74) is 2.33. The summed E-state index contributed by atoms with van der Waals surface area (Å²) in [5.74, 6) is -1.44. The van der Waals surface area contributed by atoms with Crippen LogP contribution in [0.2, 0.25) is 0 Å². The molecule has 0 spiro atoms. The Balaban J connectivity index is 1.67. The van der Waals surface area contributed by atoms with Gasteiger partial charge in [0.05, 0.1) is 0 Å². The molecule has 144 valence electrons. The van der Waals surface area contributed by atoms with Crippen LogP contribution in [0, 0.1) is 0 Å². The van der Waals surface area contributed by atoms with Crippen molar-refractivity contribution in [2.24, 2.45) is 0 Å². The molecule has 28 heavy (non-hydrogen) atoms. The Labute approximate surface area is 162 Å². The summed E-state index contributed by atoms with van der Waals surface area (Å²) in [4.78, 5) is 35.7. The van der Waals surface area contributed by atoms with Gasteiger partial charge in [-0.3, -0.25) is 9.59 Å². The average molecular weight is 378 g/mol. The Morgan fingerprint density at radius 3 is 2.39 bits per heavy atom. The molecule has 0 saturated heterocycles. The van der Waals surface area contributed by atoms with Gasteiger partial charge in [-0.05, 0) is 18.6 Å². The van der Waals surface area contributed by atoms with Crippen LogP contribution in [0.25, 0.3) is 10.9 Å². The molecule has 0 radical (unpaired) electrons. The highest BCUT2D eigenvalue weighted by Crippen LogP contribution is 2.22. The number of aromatic nitrogens is 1. The van der Waals surface area contributed by atoms with Crippen molar-refractivity contribution < 1.29 is 19.5 Å². The van der Waals surface area contributed by atoms with Crippen molar-refractivity contribution in [2.75, 3.05) is 0 Å². The van der Waals surface area contributed by atoms with Crippen molar-refractivity contribution in [3.63, 3.8) is 0 Å². The number of rotatable bonds is 8. The van der Waals surface area contributed by atoms with Crippen LogP contribution < -0.4 is 5.32 Å². The van der Waals surface area contributed by atoms with E-state index in [2.05, 4.69) is 5.32 Å². The highest BCUT2D eigenvalue weighted by atomic mass is 16.4. The number of nitrogens with one attached hydrogen (secondary N) is 1. The van der Waals surface area contributed by atoms with Crippen molar-refractivity contribution >= 4 is 28.6 Å². The maximum atomic E-state index is 12.3. The number of ketones is 1. The molecule has 1 atom stereocenters.